The molecular formula is C50H54N10O10S. The number of para-hydroxylation sites is 2. The smallest absolute Gasteiger partial charge is 0.345 e. The molecule has 20 nitrogen and oxygen atoms in total. The molecule has 1 unspecified atom stereocenters. The number of hydrogen-bond acceptors (Lipinski definition) is 15. The molecule has 0 fully saturated rings. The van der Waals surface area contributed by atoms with Gasteiger partial charge in [-0.15, -0.1) is 0 Å². The van der Waals surface area contributed by atoms with Crippen LogP contribution in [0.4, 0.5) is 11.6 Å². The van der Waals surface area contributed by atoms with E-state index in [1.54, 1.807) is 74.5 Å². The Kier molecular flexibility index (Phi) is 16.3. The average molecular weight is 987 g/mol. The first kappa shape index (κ1) is 51.0. The Balaban J connectivity index is 0.866. The molecule has 0 aliphatic heterocycles. The van der Waals surface area contributed by atoms with Gasteiger partial charge in [-0.25, -0.2) is 23.2 Å². The third kappa shape index (κ3) is 13.1. The van der Waals surface area contributed by atoms with Crippen LogP contribution in [0.15, 0.2) is 95.9 Å². The summed E-state index contributed by atoms with van der Waals surface area (Å²) in [5, 5.41) is 12.8. The third-order valence-corrected chi connectivity index (χ3v) is 12.1. The summed E-state index contributed by atoms with van der Waals surface area (Å²) in [5.74, 6) is -1.93. The summed E-state index contributed by atoms with van der Waals surface area (Å²) in [6, 6.07) is 23.6. The van der Waals surface area contributed by atoms with E-state index in [9.17, 15) is 36.9 Å². The quantitative estimate of drug-likeness (QED) is 0.0148. The molecule has 3 amide bonds. The van der Waals surface area contributed by atoms with E-state index in [2.05, 4.69) is 41.2 Å². The molecule has 0 aliphatic rings. The van der Waals surface area contributed by atoms with Gasteiger partial charge in [0.1, 0.15) is 11.8 Å². The molecule has 7 rings (SSSR count). The Bertz CT molecular complexity index is 3230. The molecule has 1 atom stereocenters. The zero-order valence-corrected chi connectivity index (χ0v) is 40.4. The van der Waals surface area contributed by atoms with Crippen LogP contribution in [-0.2, 0) is 32.7 Å². The molecule has 21 heteroatoms. The molecule has 0 spiro atoms. The Hall–Kier alpha value is -7.88. The van der Waals surface area contributed by atoms with Crippen molar-refractivity contribution in [2.24, 2.45) is 5.92 Å². The largest absolute Gasteiger partial charge is 0.748 e. The molecular weight excluding hydrogens is 933 g/mol. The predicted molar refractivity (Wildman–Crippen MR) is 265 cm³/mol. The highest BCUT2D eigenvalue weighted by Crippen LogP contribution is 2.30. The number of rotatable bonds is 21. The molecule has 0 saturated carbocycles. The van der Waals surface area contributed by atoms with Gasteiger partial charge in [-0.2, -0.15) is 9.55 Å². The van der Waals surface area contributed by atoms with Crippen molar-refractivity contribution in [3.05, 3.63) is 135 Å². The summed E-state index contributed by atoms with van der Waals surface area (Å²) >= 11 is 0. The Morgan fingerprint density at radius 2 is 1.48 bits per heavy atom. The van der Waals surface area contributed by atoms with Crippen LogP contribution in [0.5, 0.6) is 5.75 Å². The van der Waals surface area contributed by atoms with Crippen molar-refractivity contribution in [2.45, 2.75) is 59.7 Å². The molecule has 4 aromatic carbocycles. The molecule has 7 aromatic rings. The van der Waals surface area contributed by atoms with Crippen LogP contribution in [0.1, 0.15) is 74.6 Å². The normalized spacial score (nSPS) is 12.0. The van der Waals surface area contributed by atoms with E-state index in [0.717, 1.165) is 0 Å². The number of nitrogen functional groups attached to an aromatic ring is 1. The van der Waals surface area contributed by atoms with Crippen LogP contribution in [0.2, 0.25) is 0 Å². The van der Waals surface area contributed by atoms with Crippen molar-refractivity contribution in [1.82, 2.24) is 35.9 Å². The van der Waals surface area contributed by atoms with Crippen LogP contribution in [-0.4, -0.2) is 94.7 Å². The number of aromatic nitrogens is 5. The number of carbonyl (C=O) groups is 4. The molecule has 370 valence electrons. The number of benzene rings is 4. The monoisotopic (exact) mass is 986 g/mol. The van der Waals surface area contributed by atoms with Gasteiger partial charge in [-0.1, -0.05) is 38.1 Å². The van der Waals surface area contributed by atoms with Crippen LogP contribution < -0.4 is 41.9 Å². The number of nitrogens with one attached hydrogen (secondary N) is 5. The molecule has 3 heterocycles. The van der Waals surface area contributed by atoms with E-state index in [1.165, 1.54) is 6.20 Å². The number of nitrogens with zero attached hydrogens (tertiary/aromatic N) is 4. The number of aromatic amines is 1. The Morgan fingerprint density at radius 3 is 2.11 bits per heavy atom. The lowest BCUT2D eigenvalue weighted by Gasteiger charge is -2.20. The van der Waals surface area contributed by atoms with Gasteiger partial charge in [-0.3, -0.25) is 24.2 Å². The maximum atomic E-state index is 14.1. The van der Waals surface area contributed by atoms with Crippen molar-refractivity contribution in [2.75, 3.05) is 43.1 Å². The predicted octanol–water partition coefficient (Wildman–Crippen LogP) is 3.98. The van der Waals surface area contributed by atoms with Crippen molar-refractivity contribution in [3.63, 3.8) is 0 Å². The molecule has 0 aliphatic carbocycles. The zero-order valence-electron chi connectivity index (χ0n) is 39.5. The van der Waals surface area contributed by atoms with Gasteiger partial charge >= 0.3 is 5.97 Å². The second-order valence-corrected chi connectivity index (χ2v) is 18.8. The van der Waals surface area contributed by atoms with Crippen molar-refractivity contribution >= 4 is 78.4 Å². The number of carbonyl (C=O) groups excluding carboxylic acids is 4. The topological polar surface area (TPSA) is 293 Å². The molecule has 3 aromatic heterocycles. The van der Waals surface area contributed by atoms with E-state index < -0.39 is 39.3 Å². The number of anilines is 2. The second-order valence-electron chi connectivity index (χ2n) is 17.2. The lowest BCUT2D eigenvalue weighted by Crippen LogP contribution is -2.48. The minimum Gasteiger partial charge on any atom is -0.748 e. The second kappa shape index (κ2) is 22.7. The summed E-state index contributed by atoms with van der Waals surface area (Å²) in [4.78, 5) is 80.8. The number of amides is 3. The lowest BCUT2D eigenvalue weighted by atomic mass is 10.0. The highest BCUT2D eigenvalue weighted by Gasteiger charge is 2.27. The summed E-state index contributed by atoms with van der Waals surface area (Å²) in [6.07, 6.45) is 1.98. The first-order valence-electron chi connectivity index (χ1n) is 22.9. The fraction of sp³-hybridized carbons (Fsp3) is 0.300. The fourth-order valence-corrected chi connectivity index (χ4v) is 8.59. The number of aryl methyl sites for hydroxylation is 3. The third-order valence-electron chi connectivity index (χ3n) is 11.3. The van der Waals surface area contributed by atoms with Crippen LogP contribution in [0.3, 0.4) is 0 Å². The van der Waals surface area contributed by atoms with Gasteiger partial charge in [0.25, 0.3) is 17.4 Å². The minimum atomic E-state index is -4.41. The van der Waals surface area contributed by atoms with Gasteiger partial charge < -0.3 is 41.0 Å². The van der Waals surface area contributed by atoms with Gasteiger partial charge in [0.2, 0.25) is 22.9 Å². The van der Waals surface area contributed by atoms with Gasteiger partial charge in [0.15, 0.2) is 17.7 Å². The summed E-state index contributed by atoms with van der Waals surface area (Å²) in [6.45, 7) is 8.52. The highest BCUT2D eigenvalue weighted by atomic mass is 32.2. The first-order chi connectivity index (χ1) is 33.9. The Labute approximate surface area is 408 Å². The minimum absolute atomic E-state index is 0.0498. The molecule has 0 radical (unpaired) electrons. The van der Waals surface area contributed by atoms with E-state index in [1.807, 2.05) is 42.7 Å². The van der Waals surface area contributed by atoms with Crippen molar-refractivity contribution in [3.8, 4) is 5.75 Å². The number of H-pyrrole nitrogens is 1. The van der Waals surface area contributed by atoms with Gasteiger partial charge in [0, 0.05) is 54.2 Å². The van der Waals surface area contributed by atoms with Crippen molar-refractivity contribution in [1.29, 1.82) is 0 Å². The molecule has 0 saturated heterocycles. The number of pyridine rings is 1. The lowest BCUT2D eigenvalue weighted by molar-refractivity contribution is -0.645. The summed E-state index contributed by atoms with van der Waals surface area (Å²) in [7, 11) is -4.41. The summed E-state index contributed by atoms with van der Waals surface area (Å²) in [5.41, 5.74) is 9.94. The average Bonchev–Trinajstić information content (AvgIpc) is 3.33. The zero-order chi connectivity index (χ0) is 50.8. The summed E-state index contributed by atoms with van der Waals surface area (Å²) < 4.78 is 47.7. The van der Waals surface area contributed by atoms with Crippen LogP contribution >= 0.6 is 0 Å². The van der Waals surface area contributed by atoms with Gasteiger partial charge in [0.05, 0.1) is 58.1 Å². The maximum absolute atomic E-state index is 14.1. The number of ether oxygens (including phenoxy) is 2. The molecule has 7 N–H and O–H groups in total. The number of esters is 1. The highest BCUT2D eigenvalue weighted by molar-refractivity contribution is 7.85. The van der Waals surface area contributed by atoms with Crippen LogP contribution in [0.25, 0.3) is 33.0 Å². The molecule has 71 heavy (non-hydrogen) atoms. The van der Waals surface area contributed by atoms with Crippen LogP contribution in [0, 0.1) is 19.8 Å². The number of hydrogen-bond donors (Lipinski definition) is 6. The standard InChI is InChI=1S/C50H54N10O10S/c1-29(2)24-38(57-46(62)32-14-16-34(17-15-32)54-27-35-28-55-44-42(56-35)48(64)59-50(51)58-44)47(63)53-19-22-69-21-18-52-45(61)33-25-30(3)43(31(4)26-33)70-49(65)41-36-10-5-7-12-39(36)60(20-9-23-71(66,67)68)40-13-8-6-11-37(40)41/h5-8,10-17,25-26,28-29,38H,9,18-24,27H2,1-4H3,(H7-,51,52,53,54,55,57,58,59,61,62,63,64,66,67,68). The Morgan fingerprint density at radius 1 is 0.845 bits per heavy atom. The SMILES string of the molecule is Cc1cc(C(=O)NCCOCCNC(=O)C(CC(C)C)NC(=O)c2ccc(NCc3cnc4nc(N)[nH]c(=O)c4n3)cc2)cc(C)c1OC(=O)c1c2ccccc2[n+](CCCS(=O)(=O)[O-])c2ccccc12. The van der Waals surface area contributed by atoms with E-state index >= 15 is 0 Å². The maximum Gasteiger partial charge on any atom is 0.345 e. The number of nitrogens with two attached hydrogens (primary N) is 1. The molecule has 0 bridgehead atoms. The van der Waals surface area contributed by atoms with Gasteiger partial charge in [-0.05, 0) is 85.8 Å². The van der Waals surface area contributed by atoms with Crippen molar-refractivity contribution < 1.29 is 46.2 Å². The first-order valence-corrected chi connectivity index (χ1v) is 24.4. The fourth-order valence-electron chi connectivity index (χ4n) is 8.11. The van der Waals surface area contributed by atoms with E-state index in [0.29, 0.717) is 73.2 Å². The van der Waals surface area contributed by atoms with E-state index in [-0.39, 0.29) is 80.7 Å². The van der Waals surface area contributed by atoms with E-state index in [4.69, 9.17) is 15.2 Å². The number of fused-ring (bicyclic) bond motifs is 3.